The number of nitrogens with one attached hydrogen (secondary N) is 1. The SMILES string of the molecule is O=C(NC[C@@H]1CCO[C@H]1c1ccc(F)cc1)c1ccnc(C(=O)O)c1. The molecule has 0 unspecified atom stereocenters. The van der Waals surface area contributed by atoms with Crippen LogP contribution in [0.25, 0.3) is 0 Å². The minimum atomic E-state index is -1.18. The lowest BCUT2D eigenvalue weighted by atomic mass is 9.95. The Morgan fingerprint density at radius 3 is 2.76 bits per heavy atom. The van der Waals surface area contributed by atoms with E-state index in [1.54, 1.807) is 12.1 Å². The number of hydrogen-bond donors (Lipinski definition) is 2. The Kier molecular flexibility index (Phi) is 5.04. The molecule has 2 atom stereocenters. The van der Waals surface area contributed by atoms with Gasteiger partial charge < -0.3 is 15.2 Å². The van der Waals surface area contributed by atoms with Crippen LogP contribution < -0.4 is 5.32 Å². The quantitative estimate of drug-likeness (QED) is 0.870. The molecule has 1 aliphatic rings. The van der Waals surface area contributed by atoms with Gasteiger partial charge in [-0.25, -0.2) is 14.2 Å². The Hall–Kier alpha value is -2.80. The maximum Gasteiger partial charge on any atom is 0.354 e. The summed E-state index contributed by atoms with van der Waals surface area (Å²) in [5.74, 6) is -1.79. The van der Waals surface area contributed by atoms with E-state index in [-0.39, 0.29) is 35.0 Å². The molecule has 2 N–H and O–H groups in total. The standard InChI is InChI=1S/C18H17FN2O4/c19-14-3-1-11(2-4-14)16-13(6-8-25-16)10-21-17(22)12-5-7-20-15(9-12)18(23)24/h1-5,7,9,13,16H,6,8,10H2,(H,21,22)(H,23,24)/t13-,16-/m0/s1. The van der Waals surface area contributed by atoms with Gasteiger partial charge in [-0.2, -0.15) is 0 Å². The van der Waals surface area contributed by atoms with Gasteiger partial charge in [0.1, 0.15) is 11.5 Å². The van der Waals surface area contributed by atoms with Crippen LogP contribution in [0, 0.1) is 11.7 Å². The molecule has 130 valence electrons. The minimum Gasteiger partial charge on any atom is -0.477 e. The maximum atomic E-state index is 13.1. The van der Waals surface area contributed by atoms with Gasteiger partial charge in [-0.15, -0.1) is 0 Å². The highest BCUT2D eigenvalue weighted by Crippen LogP contribution is 2.34. The highest BCUT2D eigenvalue weighted by Gasteiger charge is 2.30. The summed E-state index contributed by atoms with van der Waals surface area (Å²) < 4.78 is 18.8. The number of aromatic carboxylic acids is 1. The smallest absolute Gasteiger partial charge is 0.354 e. The number of carbonyl (C=O) groups is 2. The fourth-order valence-electron chi connectivity index (χ4n) is 2.88. The van der Waals surface area contributed by atoms with Gasteiger partial charge >= 0.3 is 5.97 Å². The highest BCUT2D eigenvalue weighted by atomic mass is 19.1. The lowest BCUT2D eigenvalue weighted by molar-refractivity contribution is 0.0690. The Bertz CT molecular complexity index is 779. The molecule has 1 amide bonds. The Labute approximate surface area is 143 Å². The normalized spacial score (nSPS) is 19.6. The molecule has 25 heavy (non-hydrogen) atoms. The van der Waals surface area contributed by atoms with Crippen molar-refractivity contribution in [1.82, 2.24) is 10.3 Å². The third-order valence-electron chi connectivity index (χ3n) is 4.18. The van der Waals surface area contributed by atoms with Crippen molar-refractivity contribution in [3.8, 4) is 0 Å². The Morgan fingerprint density at radius 1 is 1.28 bits per heavy atom. The zero-order valence-corrected chi connectivity index (χ0v) is 13.3. The summed E-state index contributed by atoms with van der Waals surface area (Å²) in [6.45, 7) is 0.951. The number of nitrogens with zero attached hydrogens (tertiary/aromatic N) is 1. The molecular formula is C18H17FN2O4. The van der Waals surface area contributed by atoms with Crippen molar-refractivity contribution < 1.29 is 23.8 Å². The summed E-state index contributed by atoms with van der Waals surface area (Å²) in [7, 11) is 0. The molecule has 0 saturated carbocycles. The van der Waals surface area contributed by atoms with Crippen LogP contribution in [0.2, 0.25) is 0 Å². The first-order chi connectivity index (χ1) is 12.0. The van der Waals surface area contributed by atoms with E-state index in [0.29, 0.717) is 13.2 Å². The van der Waals surface area contributed by atoms with Crippen molar-refractivity contribution in [2.75, 3.05) is 13.2 Å². The molecule has 1 saturated heterocycles. The lowest BCUT2D eigenvalue weighted by Crippen LogP contribution is -2.30. The molecule has 1 fully saturated rings. The fraction of sp³-hybridized carbons (Fsp3) is 0.278. The second-order valence-corrected chi connectivity index (χ2v) is 5.84. The van der Waals surface area contributed by atoms with E-state index in [0.717, 1.165) is 12.0 Å². The van der Waals surface area contributed by atoms with E-state index in [1.165, 1.54) is 30.5 Å². The number of pyridine rings is 1. The highest BCUT2D eigenvalue weighted by molar-refractivity contribution is 5.96. The second-order valence-electron chi connectivity index (χ2n) is 5.84. The Morgan fingerprint density at radius 2 is 2.04 bits per heavy atom. The van der Waals surface area contributed by atoms with Crippen molar-refractivity contribution in [3.63, 3.8) is 0 Å². The number of rotatable bonds is 5. The number of carboxylic acid groups (broad SMARTS) is 1. The first-order valence-corrected chi connectivity index (χ1v) is 7.89. The number of aromatic nitrogens is 1. The predicted molar refractivity (Wildman–Crippen MR) is 86.7 cm³/mol. The molecule has 6 nitrogen and oxygen atoms in total. The average Bonchev–Trinajstić information content (AvgIpc) is 3.09. The molecule has 2 aromatic rings. The van der Waals surface area contributed by atoms with Gasteiger partial charge in [0.05, 0.1) is 6.10 Å². The van der Waals surface area contributed by atoms with E-state index in [2.05, 4.69) is 10.3 Å². The van der Waals surface area contributed by atoms with Crippen molar-refractivity contribution >= 4 is 11.9 Å². The topological polar surface area (TPSA) is 88.5 Å². The molecule has 3 rings (SSSR count). The van der Waals surface area contributed by atoms with Gasteiger partial charge in [0, 0.05) is 30.8 Å². The first kappa shape index (κ1) is 17.0. The van der Waals surface area contributed by atoms with Crippen LogP contribution in [0.5, 0.6) is 0 Å². The molecule has 0 radical (unpaired) electrons. The van der Waals surface area contributed by atoms with Crippen LogP contribution in [0.1, 0.15) is 38.9 Å². The molecule has 0 aliphatic carbocycles. The van der Waals surface area contributed by atoms with Crippen molar-refractivity contribution in [1.29, 1.82) is 0 Å². The van der Waals surface area contributed by atoms with Crippen LogP contribution in [0.4, 0.5) is 4.39 Å². The first-order valence-electron chi connectivity index (χ1n) is 7.89. The third kappa shape index (κ3) is 4.00. The zero-order chi connectivity index (χ0) is 17.8. The molecule has 1 aromatic carbocycles. The summed E-state index contributed by atoms with van der Waals surface area (Å²) in [6.07, 6.45) is 1.87. The van der Waals surface area contributed by atoms with Crippen LogP contribution in [-0.2, 0) is 4.74 Å². The lowest BCUT2D eigenvalue weighted by Gasteiger charge is -2.19. The van der Waals surface area contributed by atoms with Gasteiger partial charge in [-0.05, 0) is 36.2 Å². The number of ether oxygens (including phenoxy) is 1. The van der Waals surface area contributed by atoms with E-state index in [4.69, 9.17) is 9.84 Å². The number of carbonyl (C=O) groups excluding carboxylic acids is 1. The van der Waals surface area contributed by atoms with E-state index in [9.17, 15) is 14.0 Å². The van der Waals surface area contributed by atoms with Gasteiger partial charge in [0.2, 0.25) is 0 Å². The summed E-state index contributed by atoms with van der Waals surface area (Å²) in [5, 5.41) is 11.7. The summed E-state index contributed by atoms with van der Waals surface area (Å²) >= 11 is 0. The van der Waals surface area contributed by atoms with Gasteiger partial charge in [-0.3, -0.25) is 4.79 Å². The minimum absolute atomic E-state index is 0.0650. The monoisotopic (exact) mass is 344 g/mol. The van der Waals surface area contributed by atoms with Crippen molar-refractivity contribution in [2.45, 2.75) is 12.5 Å². The van der Waals surface area contributed by atoms with E-state index in [1.807, 2.05) is 0 Å². The van der Waals surface area contributed by atoms with Crippen molar-refractivity contribution in [2.24, 2.45) is 5.92 Å². The largest absolute Gasteiger partial charge is 0.477 e. The van der Waals surface area contributed by atoms with Gasteiger partial charge in [0.25, 0.3) is 5.91 Å². The molecule has 1 aliphatic heterocycles. The van der Waals surface area contributed by atoms with Crippen LogP contribution in [-0.4, -0.2) is 35.1 Å². The number of hydrogen-bond acceptors (Lipinski definition) is 4. The summed E-state index contributed by atoms with van der Waals surface area (Å²) in [6, 6.07) is 8.84. The van der Waals surface area contributed by atoms with Crippen LogP contribution >= 0.6 is 0 Å². The van der Waals surface area contributed by atoms with E-state index < -0.39 is 5.97 Å². The van der Waals surface area contributed by atoms with Gasteiger partial charge in [0.15, 0.2) is 0 Å². The molecule has 0 bridgehead atoms. The van der Waals surface area contributed by atoms with Crippen LogP contribution in [0.3, 0.4) is 0 Å². The molecular weight excluding hydrogens is 327 g/mol. The average molecular weight is 344 g/mol. The number of halogens is 1. The summed E-state index contributed by atoms with van der Waals surface area (Å²) in [4.78, 5) is 26.9. The summed E-state index contributed by atoms with van der Waals surface area (Å²) in [5.41, 5.74) is 0.931. The Balaban J connectivity index is 1.64. The molecule has 2 heterocycles. The van der Waals surface area contributed by atoms with E-state index >= 15 is 0 Å². The fourth-order valence-corrected chi connectivity index (χ4v) is 2.88. The number of amides is 1. The van der Waals surface area contributed by atoms with Gasteiger partial charge in [-0.1, -0.05) is 12.1 Å². The predicted octanol–water partition coefficient (Wildman–Crippen LogP) is 2.43. The zero-order valence-electron chi connectivity index (χ0n) is 13.3. The maximum absolute atomic E-state index is 13.1. The second kappa shape index (κ2) is 7.40. The molecule has 1 aromatic heterocycles. The van der Waals surface area contributed by atoms with Crippen LogP contribution in [0.15, 0.2) is 42.6 Å². The third-order valence-corrected chi connectivity index (χ3v) is 4.18. The van der Waals surface area contributed by atoms with Crippen molar-refractivity contribution in [3.05, 3.63) is 65.2 Å². The molecule has 0 spiro atoms. The number of carboxylic acids is 1. The number of benzene rings is 1. The molecule has 7 heteroatoms.